The van der Waals surface area contributed by atoms with Crippen LogP contribution in [0.1, 0.15) is 16.9 Å². The Hall–Kier alpha value is -2.40. The number of benzene rings is 1. The number of nitrogens with one attached hydrogen (secondary N) is 2. The summed E-state index contributed by atoms with van der Waals surface area (Å²) in [5.74, 6) is 1.49. The molecular formula is C17H18FN3O. The summed E-state index contributed by atoms with van der Waals surface area (Å²) >= 11 is 0. The Labute approximate surface area is 128 Å². The summed E-state index contributed by atoms with van der Waals surface area (Å²) in [5, 5.41) is 10.3. The molecule has 1 aromatic carbocycles. The van der Waals surface area contributed by atoms with Crippen LogP contribution in [0.25, 0.3) is 11.5 Å². The summed E-state index contributed by atoms with van der Waals surface area (Å²) in [5.41, 5.74) is 2.64. The molecule has 4 nitrogen and oxygen atoms in total. The zero-order chi connectivity index (χ0) is 15.4. The lowest BCUT2D eigenvalue weighted by Crippen LogP contribution is -2.17. The number of aromatic amines is 1. The van der Waals surface area contributed by atoms with E-state index >= 15 is 0 Å². The fourth-order valence-electron chi connectivity index (χ4n) is 2.37. The third-order valence-corrected chi connectivity index (χ3v) is 3.55. The zero-order valence-corrected chi connectivity index (χ0v) is 12.4. The number of hydrogen-bond donors (Lipinski definition) is 2. The van der Waals surface area contributed by atoms with Gasteiger partial charge in [-0.3, -0.25) is 5.10 Å². The highest BCUT2D eigenvalue weighted by molar-refractivity contribution is 5.56. The minimum Gasteiger partial charge on any atom is -0.460 e. The third-order valence-electron chi connectivity index (χ3n) is 3.55. The number of furan rings is 1. The van der Waals surface area contributed by atoms with E-state index in [0.29, 0.717) is 19.5 Å². The fourth-order valence-corrected chi connectivity index (χ4v) is 2.37. The topological polar surface area (TPSA) is 53.9 Å². The van der Waals surface area contributed by atoms with Gasteiger partial charge in [0.1, 0.15) is 17.3 Å². The van der Waals surface area contributed by atoms with E-state index in [-0.39, 0.29) is 5.82 Å². The second kappa shape index (κ2) is 6.58. The molecule has 114 valence electrons. The summed E-state index contributed by atoms with van der Waals surface area (Å²) in [7, 11) is 0. The van der Waals surface area contributed by atoms with Crippen LogP contribution < -0.4 is 5.32 Å². The van der Waals surface area contributed by atoms with Crippen LogP contribution in [0.3, 0.4) is 0 Å². The van der Waals surface area contributed by atoms with Crippen LogP contribution >= 0.6 is 0 Å². The highest BCUT2D eigenvalue weighted by Crippen LogP contribution is 2.23. The molecule has 0 aliphatic heterocycles. The van der Waals surface area contributed by atoms with Crippen molar-refractivity contribution in [3.63, 3.8) is 0 Å². The molecule has 3 rings (SSSR count). The Balaban J connectivity index is 1.57. The normalized spacial score (nSPS) is 11.0. The highest BCUT2D eigenvalue weighted by Gasteiger charge is 2.10. The van der Waals surface area contributed by atoms with Gasteiger partial charge in [0.15, 0.2) is 5.76 Å². The number of aryl methyl sites for hydroxylation is 1. The predicted octanol–water partition coefficient (Wildman–Crippen LogP) is 3.45. The predicted molar refractivity (Wildman–Crippen MR) is 82.8 cm³/mol. The molecule has 5 heteroatoms. The van der Waals surface area contributed by atoms with Crippen molar-refractivity contribution in [3.8, 4) is 11.5 Å². The highest BCUT2D eigenvalue weighted by atomic mass is 19.1. The number of nitrogens with zero attached hydrogens (tertiary/aromatic N) is 1. The van der Waals surface area contributed by atoms with Gasteiger partial charge in [-0.05, 0) is 43.7 Å². The molecule has 0 saturated heterocycles. The van der Waals surface area contributed by atoms with Crippen molar-refractivity contribution in [2.24, 2.45) is 0 Å². The van der Waals surface area contributed by atoms with E-state index in [0.717, 1.165) is 28.3 Å². The van der Waals surface area contributed by atoms with E-state index in [1.54, 1.807) is 12.3 Å². The summed E-state index contributed by atoms with van der Waals surface area (Å²) in [6.45, 7) is 3.26. The maximum atomic E-state index is 13.5. The minimum absolute atomic E-state index is 0.153. The van der Waals surface area contributed by atoms with E-state index in [1.165, 1.54) is 6.07 Å². The average molecular weight is 299 g/mol. The molecule has 3 aromatic rings. The molecular weight excluding hydrogens is 281 g/mol. The molecule has 0 atom stereocenters. The molecule has 0 bridgehead atoms. The Morgan fingerprint density at radius 2 is 2.05 bits per heavy atom. The summed E-state index contributed by atoms with van der Waals surface area (Å²) in [6, 6.07) is 10.7. The van der Waals surface area contributed by atoms with Gasteiger partial charge >= 0.3 is 0 Å². The Kier molecular flexibility index (Phi) is 4.34. The summed E-state index contributed by atoms with van der Waals surface area (Å²) in [6.07, 6.45) is 2.43. The van der Waals surface area contributed by atoms with Crippen molar-refractivity contribution >= 4 is 0 Å². The molecule has 0 spiro atoms. The van der Waals surface area contributed by atoms with Crippen LogP contribution in [-0.4, -0.2) is 16.7 Å². The Morgan fingerprint density at radius 1 is 1.18 bits per heavy atom. The maximum Gasteiger partial charge on any atom is 0.152 e. The van der Waals surface area contributed by atoms with E-state index < -0.39 is 0 Å². The van der Waals surface area contributed by atoms with Crippen LogP contribution in [0.2, 0.25) is 0 Å². The van der Waals surface area contributed by atoms with Crippen LogP contribution in [0, 0.1) is 12.7 Å². The van der Waals surface area contributed by atoms with Gasteiger partial charge in [0.25, 0.3) is 0 Å². The first-order valence-electron chi connectivity index (χ1n) is 7.27. The standard InChI is InChI=1S/C17H18FN3O/c1-12-6-7-16(22-12)17-14(11-20-21-17)10-19-9-8-13-4-2-3-5-15(13)18/h2-7,11,19H,8-10H2,1H3,(H,20,21). The summed E-state index contributed by atoms with van der Waals surface area (Å²) < 4.78 is 19.1. The van der Waals surface area contributed by atoms with Gasteiger partial charge in [-0.15, -0.1) is 0 Å². The number of hydrogen-bond acceptors (Lipinski definition) is 3. The molecule has 0 fully saturated rings. The fraction of sp³-hybridized carbons (Fsp3) is 0.235. The number of halogens is 1. The minimum atomic E-state index is -0.153. The first kappa shape index (κ1) is 14.5. The zero-order valence-electron chi connectivity index (χ0n) is 12.4. The molecule has 22 heavy (non-hydrogen) atoms. The van der Waals surface area contributed by atoms with Crippen LogP contribution in [0.5, 0.6) is 0 Å². The monoisotopic (exact) mass is 299 g/mol. The molecule has 2 N–H and O–H groups in total. The lowest BCUT2D eigenvalue weighted by molar-refractivity contribution is 0.545. The largest absolute Gasteiger partial charge is 0.460 e. The maximum absolute atomic E-state index is 13.5. The van der Waals surface area contributed by atoms with Gasteiger partial charge in [0, 0.05) is 12.1 Å². The first-order chi connectivity index (χ1) is 10.7. The molecule has 0 saturated carbocycles. The lowest BCUT2D eigenvalue weighted by Gasteiger charge is -2.05. The SMILES string of the molecule is Cc1ccc(-c2[nH]ncc2CNCCc2ccccc2F)o1. The first-order valence-corrected chi connectivity index (χ1v) is 7.27. The van der Waals surface area contributed by atoms with Crippen molar-refractivity contribution in [2.45, 2.75) is 19.9 Å². The smallest absolute Gasteiger partial charge is 0.152 e. The molecule has 0 aliphatic rings. The van der Waals surface area contributed by atoms with E-state index in [1.807, 2.05) is 31.2 Å². The average Bonchev–Trinajstić information content (AvgIpc) is 3.14. The second-order valence-electron chi connectivity index (χ2n) is 5.20. The van der Waals surface area contributed by atoms with Gasteiger partial charge in [-0.1, -0.05) is 18.2 Å². The van der Waals surface area contributed by atoms with Crippen molar-refractivity contribution in [1.82, 2.24) is 15.5 Å². The van der Waals surface area contributed by atoms with Gasteiger partial charge in [0.05, 0.1) is 6.20 Å². The van der Waals surface area contributed by atoms with E-state index in [2.05, 4.69) is 15.5 Å². The van der Waals surface area contributed by atoms with E-state index in [4.69, 9.17) is 4.42 Å². The Morgan fingerprint density at radius 3 is 2.82 bits per heavy atom. The van der Waals surface area contributed by atoms with E-state index in [9.17, 15) is 4.39 Å². The lowest BCUT2D eigenvalue weighted by atomic mass is 10.1. The van der Waals surface area contributed by atoms with Crippen LogP contribution in [-0.2, 0) is 13.0 Å². The van der Waals surface area contributed by atoms with Gasteiger partial charge in [-0.25, -0.2) is 4.39 Å². The van der Waals surface area contributed by atoms with Gasteiger partial charge in [-0.2, -0.15) is 5.10 Å². The van der Waals surface area contributed by atoms with Gasteiger partial charge in [0.2, 0.25) is 0 Å². The third kappa shape index (κ3) is 3.26. The van der Waals surface area contributed by atoms with Crippen molar-refractivity contribution in [1.29, 1.82) is 0 Å². The molecule has 2 heterocycles. The molecule has 0 radical (unpaired) electrons. The molecule has 0 aliphatic carbocycles. The van der Waals surface area contributed by atoms with Gasteiger partial charge < -0.3 is 9.73 Å². The van der Waals surface area contributed by atoms with Crippen LogP contribution in [0.15, 0.2) is 47.0 Å². The number of H-pyrrole nitrogens is 1. The molecule has 0 unspecified atom stereocenters. The van der Waals surface area contributed by atoms with Crippen molar-refractivity contribution in [3.05, 3.63) is 65.3 Å². The number of aromatic nitrogens is 2. The second-order valence-corrected chi connectivity index (χ2v) is 5.20. The van der Waals surface area contributed by atoms with Crippen molar-refractivity contribution in [2.75, 3.05) is 6.54 Å². The summed E-state index contributed by atoms with van der Waals surface area (Å²) in [4.78, 5) is 0. The number of rotatable bonds is 6. The van der Waals surface area contributed by atoms with Crippen LogP contribution in [0.4, 0.5) is 4.39 Å². The Bertz CT molecular complexity index is 748. The van der Waals surface area contributed by atoms with Crippen molar-refractivity contribution < 1.29 is 8.81 Å². The quantitative estimate of drug-likeness (QED) is 0.685. The molecule has 0 amide bonds. The molecule has 2 aromatic heterocycles.